The van der Waals surface area contributed by atoms with Crippen LogP contribution in [-0.4, -0.2) is 5.78 Å². The lowest BCUT2D eigenvalue weighted by Crippen LogP contribution is -2.26. The molecule has 0 fully saturated rings. The summed E-state index contributed by atoms with van der Waals surface area (Å²) >= 11 is 3.09. The average Bonchev–Trinajstić information content (AvgIpc) is 2.48. The highest BCUT2D eigenvalue weighted by atomic mass is 79.9. The van der Waals surface area contributed by atoms with Crippen LogP contribution in [0.25, 0.3) is 0 Å². The maximum atomic E-state index is 14.0. The molecule has 0 spiro atoms. The Bertz CT molecular complexity index is 615. The molecule has 0 radical (unpaired) electrons. The number of halogens is 2. The van der Waals surface area contributed by atoms with Crippen LogP contribution in [0.5, 0.6) is 0 Å². The molecule has 2 rings (SSSR count). The molecular weight excluding hydrogens is 321 g/mol. The Kier molecular flexibility index (Phi) is 4.68. The molecule has 104 valence electrons. The molecule has 2 unspecified atom stereocenters. The van der Waals surface area contributed by atoms with Gasteiger partial charge in [0.25, 0.3) is 0 Å². The number of carbonyl (C=O) groups is 1. The van der Waals surface area contributed by atoms with Gasteiger partial charge in [-0.3, -0.25) is 4.79 Å². The third kappa shape index (κ3) is 2.97. The minimum Gasteiger partial charge on any atom is -0.323 e. The second kappa shape index (κ2) is 6.29. The number of rotatable bonds is 4. The average molecular weight is 336 g/mol. The summed E-state index contributed by atoms with van der Waals surface area (Å²) in [5.41, 5.74) is 7.04. The van der Waals surface area contributed by atoms with Crippen LogP contribution in [0.2, 0.25) is 0 Å². The van der Waals surface area contributed by atoms with E-state index in [1.165, 1.54) is 6.07 Å². The third-order valence-electron chi connectivity index (χ3n) is 3.35. The molecule has 2 N–H and O–H groups in total. The van der Waals surface area contributed by atoms with E-state index in [4.69, 9.17) is 5.73 Å². The molecule has 0 aromatic heterocycles. The van der Waals surface area contributed by atoms with Gasteiger partial charge in [-0.2, -0.15) is 0 Å². The van der Waals surface area contributed by atoms with Crippen molar-refractivity contribution in [1.82, 2.24) is 0 Å². The van der Waals surface area contributed by atoms with Gasteiger partial charge in [-0.25, -0.2) is 4.39 Å². The van der Waals surface area contributed by atoms with E-state index in [1.807, 2.05) is 30.3 Å². The fraction of sp³-hybridized carbons (Fsp3) is 0.188. The highest BCUT2D eigenvalue weighted by Crippen LogP contribution is 2.26. The van der Waals surface area contributed by atoms with Crippen LogP contribution in [0, 0.1) is 11.7 Å². The summed E-state index contributed by atoms with van der Waals surface area (Å²) in [6, 6.07) is 13.6. The van der Waals surface area contributed by atoms with Crippen molar-refractivity contribution in [3.63, 3.8) is 0 Å². The monoisotopic (exact) mass is 335 g/mol. The maximum Gasteiger partial charge on any atom is 0.170 e. The predicted octanol–water partition coefficient (Wildman–Crippen LogP) is 4.11. The Morgan fingerprint density at radius 3 is 2.45 bits per heavy atom. The summed E-state index contributed by atoms with van der Waals surface area (Å²) in [6.07, 6.45) is 0. The van der Waals surface area contributed by atoms with Gasteiger partial charge < -0.3 is 5.73 Å². The molecule has 0 amide bonds. The minimum atomic E-state index is -0.537. The zero-order chi connectivity index (χ0) is 14.7. The smallest absolute Gasteiger partial charge is 0.170 e. The summed E-state index contributed by atoms with van der Waals surface area (Å²) in [7, 11) is 0. The molecule has 2 atom stereocenters. The first-order valence-electron chi connectivity index (χ1n) is 6.31. The number of hydrogen-bond acceptors (Lipinski definition) is 2. The largest absolute Gasteiger partial charge is 0.323 e. The first kappa shape index (κ1) is 14.9. The molecule has 2 aromatic carbocycles. The standard InChI is InChI=1S/C16H15BrFNO/c1-10(15(19)11-6-3-2-4-7-11)16(20)12-8-5-9-13(17)14(12)18/h2-10,15H,19H2,1H3. The molecule has 20 heavy (non-hydrogen) atoms. The van der Waals surface area contributed by atoms with Gasteiger partial charge in [0, 0.05) is 12.0 Å². The number of nitrogens with two attached hydrogens (primary N) is 1. The van der Waals surface area contributed by atoms with Gasteiger partial charge in [-0.05, 0) is 33.6 Å². The first-order valence-corrected chi connectivity index (χ1v) is 7.10. The predicted molar refractivity (Wildman–Crippen MR) is 81.0 cm³/mol. The molecular formula is C16H15BrFNO. The van der Waals surface area contributed by atoms with Crippen LogP contribution in [0.3, 0.4) is 0 Å². The molecule has 2 aromatic rings. The number of carbonyl (C=O) groups excluding carboxylic acids is 1. The van der Waals surface area contributed by atoms with E-state index in [0.29, 0.717) is 0 Å². The van der Waals surface area contributed by atoms with Gasteiger partial charge in [-0.1, -0.05) is 43.3 Å². The van der Waals surface area contributed by atoms with E-state index in [-0.39, 0.29) is 15.8 Å². The van der Waals surface area contributed by atoms with Crippen molar-refractivity contribution in [3.05, 3.63) is 69.9 Å². The van der Waals surface area contributed by atoms with Crippen molar-refractivity contribution in [3.8, 4) is 0 Å². The van der Waals surface area contributed by atoms with E-state index >= 15 is 0 Å². The second-order valence-corrected chi connectivity index (χ2v) is 5.55. The molecule has 0 saturated heterocycles. The van der Waals surface area contributed by atoms with E-state index < -0.39 is 17.8 Å². The van der Waals surface area contributed by atoms with Crippen molar-refractivity contribution >= 4 is 21.7 Å². The van der Waals surface area contributed by atoms with Crippen LogP contribution in [0.1, 0.15) is 28.9 Å². The lowest BCUT2D eigenvalue weighted by molar-refractivity contribution is 0.0908. The Morgan fingerprint density at radius 2 is 1.80 bits per heavy atom. The van der Waals surface area contributed by atoms with Gasteiger partial charge in [0.2, 0.25) is 0 Å². The summed E-state index contributed by atoms with van der Waals surface area (Å²) in [5, 5.41) is 0. The molecule has 0 heterocycles. The Balaban J connectivity index is 2.27. The SMILES string of the molecule is CC(C(=O)c1cccc(Br)c1F)C(N)c1ccccc1. The minimum absolute atomic E-state index is 0.0678. The molecule has 0 aliphatic carbocycles. The molecule has 0 aliphatic heterocycles. The van der Waals surface area contributed by atoms with Gasteiger partial charge in [0.05, 0.1) is 10.0 Å². The fourth-order valence-corrected chi connectivity index (χ4v) is 2.43. The highest BCUT2D eigenvalue weighted by Gasteiger charge is 2.25. The van der Waals surface area contributed by atoms with Crippen LogP contribution < -0.4 is 5.73 Å². The Hall–Kier alpha value is -1.52. The zero-order valence-corrected chi connectivity index (χ0v) is 12.6. The van der Waals surface area contributed by atoms with E-state index in [0.717, 1.165) is 5.56 Å². The van der Waals surface area contributed by atoms with E-state index in [1.54, 1.807) is 19.1 Å². The van der Waals surface area contributed by atoms with Crippen LogP contribution in [0.4, 0.5) is 4.39 Å². The number of ketones is 1. The van der Waals surface area contributed by atoms with Crippen molar-refractivity contribution in [2.75, 3.05) is 0 Å². The molecule has 0 bridgehead atoms. The van der Waals surface area contributed by atoms with Gasteiger partial charge >= 0.3 is 0 Å². The first-order chi connectivity index (χ1) is 9.52. The lowest BCUT2D eigenvalue weighted by Gasteiger charge is -2.19. The number of benzene rings is 2. The topological polar surface area (TPSA) is 43.1 Å². The second-order valence-electron chi connectivity index (χ2n) is 4.69. The molecule has 4 heteroatoms. The van der Waals surface area contributed by atoms with Gasteiger partial charge in [0.15, 0.2) is 5.78 Å². The van der Waals surface area contributed by atoms with Gasteiger partial charge in [0.1, 0.15) is 5.82 Å². The number of hydrogen-bond donors (Lipinski definition) is 1. The van der Waals surface area contributed by atoms with Crippen LogP contribution in [-0.2, 0) is 0 Å². The third-order valence-corrected chi connectivity index (χ3v) is 3.97. The van der Waals surface area contributed by atoms with Crippen LogP contribution in [0.15, 0.2) is 53.0 Å². The summed E-state index contributed by atoms with van der Waals surface area (Å²) in [6.45, 7) is 1.72. The summed E-state index contributed by atoms with van der Waals surface area (Å²) in [5.74, 6) is -1.33. The zero-order valence-electron chi connectivity index (χ0n) is 11.0. The number of Topliss-reactive ketones (excluding diaryl/α,β-unsaturated/α-hetero) is 1. The quantitative estimate of drug-likeness (QED) is 0.854. The van der Waals surface area contributed by atoms with E-state index in [9.17, 15) is 9.18 Å². The molecule has 0 saturated carbocycles. The van der Waals surface area contributed by atoms with E-state index in [2.05, 4.69) is 15.9 Å². The lowest BCUT2D eigenvalue weighted by atomic mass is 9.88. The van der Waals surface area contributed by atoms with Crippen LogP contribution >= 0.6 is 15.9 Å². The molecule has 2 nitrogen and oxygen atoms in total. The van der Waals surface area contributed by atoms with Crippen molar-refractivity contribution in [1.29, 1.82) is 0 Å². The fourth-order valence-electron chi connectivity index (χ4n) is 2.07. The summed E-state index contributed by atoms with van der Waals surface area (Å²) in [4.78, 5) is 12.4. The van der Waals surface area contributed by atoms with Crippen molar-refractivity contribution < 1.29 is 9.18 Å². The Labute approximate surface area is 125 Å². The Morgan fingerprint density at radius 1 is 1.15 bits per heavy atom. The maximum absolute atomic E-state index is 14.0. The van der Waals surface area contributed by atoms with Crippen molar-refractivity contribution in [2.24, 2.45) is 11.7 Å². The summed E-state index contributed by atoms with van der Waals surface area (Å²) < 4.78 is 14.3. The van der Waals surface area contributed by atoms with Crippen molar-refractivity contribution in [2.45, 2.75) is 13.0 Å². The van der Waals surface area contributed by atoms with Gasteiger partial charge in [-0.15, -0.1) is 0 Å². The molecule has 0 aliphatic rings. The highest BCUT2D eigenvalue weighted by molar-refractivity contribution is 9.10. The normalized spacial score (nSPS) is 13.8.